The summed E-state index contributed by atoms with van der Waals surface area (Å²) in [6, 6.07) is 6.91. The third kappa shape index (κ3) is 4.73. The Morgan fingerprint density at radius 3 is 2.74 bits per heavy atom. The molecule has 1 aliphatic heterocycles. The van der Waals surface area contributed by atoms with E-state index < -0.39 is 0 Å². The normalized spacial score (nSPS) is 15.9. The Morgan fingerprint density at radius 2 is 2.04 bits per heavy atom. The van der Waals surface area contributed by atoms with Gasteiger partial charge in [0.15, 0.2) is 5.69 Å². The summed E-state index contributed by atoms with van der Waals surface area (Å²) in [6.07, 6.45) is 3.73. The molecule has 2 aromatic rings. The maximum absolute atomic E-state index is 12.2. The number of nitrogens with zero attached hydrogens (tertiary/aromatic N) is 5. The molecule has 0 saturated carbocycles. The molecule has 7 heteroatoms. The first-order valence-electron chi connectivity index (χ1n) is 9.54. The molecule has 0 bridgehead atoms. The SMILES string of the molecule is Cc1ccc(C)c(CN2CCC(n3cc(C(=O)N(C)CCO)nn3)CC2)c1. The Morgan fingerprint density at radius 1 is 1.30 bits per heavy atom. The lowest BCUT2D eigenvalue weighted by atomic mass is 10.0. The Balaban J connectivity index is 1.56. The van der Waals surface area contributed by atoms with Crippen LogP contribution in [-0.2, 0) is 6.54 Å². The highest BCUT2D eigenvalue weighted by molar-refractivity contribution is 5.91. The molecule has 0 spiro atoms. The maximum atomic E-state index is 12.2. The van der Waals surface area contributed by atoms with Crippen LogP contribution in [0.5, 0.6) is 0 Å². The molecule has 1 N–H and O–H groups in total. The molecule has 0 aliphatic carbocycles. The minimum atomic E-state index is -0.206. The Labute approximate surface area is 160 Å². The number of aliphatic hydroxyl groups is 1. The number of likely N-dealkylation sites (tertiary alicyclic amines) is 1. The smallest absolute Gasteiger partial charge is 0.275 e. The quantitative estimate of drug-likeness (QED) is 0.838. The summed E-state index contributed by atoms with van der Waals surface area (Å²) in [5.74, 6) is -0.206. The highest BCUT2D eigenvalue weighted by Gasteiger charge is 2.23. The molecule has 27 heavy (non-hydrogen) atoms. The van der Waals surface area contributed by atoms with Crippen molar-refractivity contribution in [3.63, 3.8) is 0 Å². The van der Waals surface area contributed by atoms with E-state index in [-0.39, 0.29) is 18.6 Å². The highest BCUT2D eigenvalue weighted by Crippen LogP contribution is 2.24. The van der Waals surface area contributed by atoms with Crippen LogP contribution in [0.15, 0.2) is 24.4 Å². The molecule has 0 atom stereocenters. The number of amides is 1. The van der Waals surface area contributed by atoms with Gasteiger partial charge in [-0.1, -0.05) is 29.0 Å². The molecule has 1 aromatic heterocycles. The lowest BCUT2D eigenvalue weighted by Crippen LogP contribution is -2.34. The number of aliphatic hydroxyl groups excluding tert-OH is 1. The van der Waals surface area contributed by atoms with Crippen LogP contribution >= 0.6 is 0 Å². The second-order valence-electron chi connectivity index (χ2n) is 7.47. The van der Waals surface area contributed by atoms with Crippen molar-refractivity contribution in [2.75, 3.05) is 33.3 Å². The predicted octanol–water partition coefficient (Wildman–Crippen LogP) is 1.80. The fourth-order valence-electron chi connectivity index (χ4n) is 3.55. The largest absolute Gasteiger partial charge is 0.395 e. The summed E-state index contributed by atoms with van der Waals surface area (Å²) in [5, 5.41) is 17.2. The van der Waals surface area contributed by atoms with Crippen molar-refractivity contribution in [3.8, 4) is 0 Å². The monoisotopic (exact) mass is 371 g/mol. The number of hydrogen-bond donors (Lipinski definition) is 1. The molecule has 2 heterocycles. The van der Waals surface area contributed by atoms with Crippen molar-refractivity contribution >= 4 is 5.91 Å². The summed E-state index contributed by atoms with van der Waals surface area (Å²) in [4.78, 5) is 16.2. The van der Waals surface area contributed by atoms with Gasteiger partial charge in [0.05, 0.1) is 18.8 Å². The van der Waals surface area contributed by atoms with Crippen molar-refractivity contribution in [1.29, 1.82) is 0 Å². The van der Waals surface area contributed by atoms with Gasteiger partial charge in [0.1, 0.15) is 0 Å². The van der Waals surface area contributed by atoms with E-state index in [1.165, 1.54) is 21.6 Å². The van der Waals surface area contributed by atoms with Gasteiger partial charge in [0.25, 0.3) is 5.91 Å². The second-order valence-corrected chi connectivity index (χ2v) is 7.47. The zero-order valence-electron chi connectivity index (χ0n) is 16.4. The summed E-state index contributed by atoms with van der Waals surface area (Å²) in [6.45, 7) is 7.53. The number of carbonyl (C=O) groups excluding carboxylic acids is 1. The van der Waals surface area contributed by atoms with Gasteiger partial charge < -0.3 is 10.0 Å². The molecule has 1 aliphatic rings. The van der Waals surface area contributed by atoms with Crippen LogP contribution in [-0.4, -0.2) is 69.1 Å². The third-order valence-corrected chi connectivity index (χ3v) is 5.34. The van der Waals surface area contributed by atoms with E-state index in [0.29, 0.717) is 12.2 Å². The van der Waals surface area contributed by atoms with Crippen LogP contribution in [0.3, 0.4) is 0 Å². The van der Waals surface area contributed by atoms with E-state index in [0.717, 1.165) is 32.5 Å². The molecule has 3 rings (SSSR count). The summed E-state index contributed by atoms with van der Waals surface area (Å²) >= 11 is 0. The van der Waals surface area contributed by atoms with Crippen molar-refractivity contribution in [1.82, 2.24) is 24.8 Å². The second kappa shape index (κ2) is 8.63. The Hall–Kier alpha value is -2.25. The number of piperidine rings is 1. The van der Waals surface area contributed by atoms with Crippen LogP contribution in [0.4, 0.5) is 0 Å². The van der Waals surface area contributed by atoms with E-state index in [2.05, 4.69) is 47.3 Å². The van der Waals surface area contributed by atoms with Gasteiger partial charge in [-0.05, 0) is 37.8 Å². The van der Waals surface area contributed by atoms with E-state index in [1.54, 1.807) is 13.2 Å². The van der Waals surface area contributed by atoms with E-state index in [1.807, 2.05) is 4.68 Å². The summed E-state index contributed by atoms with van der Waals surface area (Å²) in [5.41, 5.74) is 4.38. The number of hydrogen-bond acceptors (Lipinski definition) is 5. The number of rotatable bonds is 6. The number of aryl methyl sites for hydroxylation is 2. The number of likely N-dealkylation sites (N-methyl/N-ethyl adjacent to an activating group) is 1. The van der Waals surface area contributed by atoms with Gasteiger partial charge in [0.2, 0.25) is 0 Å². The van der Waals surface area contributed by atoms with Gasteiger partial charge in [-0.15, -0.1) is 5.10 Å². The van der Waals surface area contributed by atoms with Crippen LogP contribution in [0, 0.1) is 13.8 Å². The zero-order chi connectivity index (χ0) is 19.4. The minimum Gasteiger partial charge on any atom is -0.395 e. The zero-order valence-corrected chi connectivity index (χ0v) is 16.4. The Kier molecular flexibility index (Phi) is 6.23. The average Bonchev–Trinajstić information content (AvgIpc) is 3.15. The van der Waals surface area contributed by atoms with Gasteiger partial charge in [-0.3, -0.25) is 9.69 Å². The molecule has 1 amide bonds. The topological polar surface area (TPSA) is 74.5 Å². The fraction of sp³-hybridized carbons (Fsp3) is 0.550. The van der Waals surface area contributed by atoms with E-state index in [9.17, 15) is 4.79 Å². The fourth-order valence-corrected chi connectivity index (χ4v) is 3.55. The van der Waals surface area contributed by atoms with Crippen LogP contribution in [0.1, 0.15) is 46.1 Å². The standard InChI is InChI=1S/C20H29N5O2/c1-15-4-5-16(2)17(12-15)13-24-8-6-18(7-9-24)25-14-19(21-22-25)20(27)23(3)10-11-26/h4-5,12,14,18,26H,6-11,13H2,1-3H3. The first-order valence-corrected chi connectivity index (χ1v) is 9.54. The van der Waals surface area contributed by atoms with Crippen molar-refractivity contribution in [3.05, 3.63) is 46.8 Å². The molecule has 7 nitrogen and oxygen atoms in total. The van der Waals surface area contributed by atoms with Gasteiger partial charge in [-0.2, -0.15) is 0 Å². The van der Waals surface area contributed by atoms with Crippen LogP contribution < -0.4 is 0 Å². The lowest BCUT2D eigenvalue weighted by Gasteiger charge is -2.32. The molecule has 1 fully saturated rings. The molecule has 1 saturated heterocycles. The van der Waals surface area contributed by atoms with E-state index >= 15 is 0 Å². The minimum absolute atomic E-state index is 0.0603. The number of aromatic nitrogens is 3. The molecular formula is C20H29N5O2. The third-order valence-electron chi connectivity index (χ3n) is 5.34. The molecule has 146 valence electrons. The first-order chi connectivity index (χ1) is 13.0. The average molecular weight is 371 g/mol. The number of carbonyl (C=O) groups is 1. The summed E-state index contributed by atoms with van der Waals surface area (Å²) < 4.78 is 1.83. The van der Waals surface area contributed by atoms with Crippen molar-refractivity contribution in [2.45, 2.75) is 39.3 Å². The van der Waals surface area contributed by atoms with Gasteiger partial charge in [0, 0.05) is 33.2 Å². The molecule has 0 radical (unpaired) electrons. The number of benzene rings is 1. The molecule has 0 unspecified atom stereocenters. The van der Waals surface area contributed by atoms with E-state index in [4.69, 9.17) is 5.11 Å². The molecular weight excluding hydrogens is 342 g/mol. The lowest BCUT2D eigenvalue weighted by molar-refractivity contribution is 0.0761. The van der Waals surface area contributed by atoms with Crippen LogP contribution in [0.2, 0.25) is 0 Å². The van der Waals surface area contributed by atoms with Gasteiger partial charge >= 0.3 is 0 Å². The first kappa shape index (κ1) is 19.5. The van der Waals surface area contributed by atoms with Gasteiger partial charge in [-0.25, -0.2) is 4.68 Å². The van der Waals surface area contributed by atoms with Crippen molar-refractivity contribution < 1.29 is 9.90 Å². The van der Waals surface area contributed by atoms with Crippen molar-refractivity contribution in [2.24, 2.45) is 0 Å². The molecule has 1 aromatic carbocycles. The maximum Gasteiger partial charge on any atom is 0.275 e. The Bertz CT molecular complexity index is 780. The predicted molar refractivity (Wildman–Crippen MR) is 104 cm³/mol. The van der Waals surface area contributed by atoms with Crippen LogP contribution in [0.25, 0.3) is 0 Å². The summed E-state index contributed by atoms with van der Waals surface area (Å²) in [7, 11) is 1.66. The highest BCUT2D eigenvalue weighted by atomic mass is 16.3.